The second-order valence-corrected chi connectivity index (χ2v) is 6.67. The molecule has 1 unspecified atom stereocenters. The van der Waals surface area contributed by atoms with Gasteiger partial charge < -0.3 is 14.9 Å². The fraction of sp³-hybridized carbons (Fsp3) is 0.611. The number of rotatable bonds is 5. The Kier molecular flexibility index (Phi) is 9.00. The third kappa shape index (κ3) is 5.74. The van der Waals surface area contributed by atoms with Gasteiger partial charge in [-0.1, -0.05) is 18.2 Å². The first kappa shape index (κ1) is 22.0. The number of aliphatic hydroxyl groups excluding tert-OH is 1. The van der Waals surface area contributed by atoms with Gasteiger partial charge in [-0.15, -0.1) is 24.8 Å². The van der Waals surface area contributed by atoms with Crippen LogP contribution in [0.1, 0.15) is 18.4 Å². The van der Waals surface area contributed by atoms with Gasteiger partial charge in [-0.3, -0.25) is 9.69 Å². The molecule has 0 saturated carbocycles. The van der Waals surface area contributed by atoms with Gasteiger partial charge in [0.2, 0.25) is 5.91 Å². The van der Waals surface area contributed by atoms with E-state index in [-0.39, 0.29) is 30.7 Å². The predicted octanol–water partition coefficient (Wildman–Crippen LogP) is 1.94. The summed E-state index contributed by atoms with van der Waals surface area (Å²) in [4.78, 5) is 18.2. The topological polar surface area (TPSA) is 47.0 Å². The van der Waals surface area contributed by atoms with Gasteiger partial charge in [0.15, 0.2) is 0 Å². The molecule has 2 aliphatic heterocycles. The van der Waals surface area contributed by atoms with Crippen LogP contribution in [0.2, 0.25) is 0 Å². The number of amides is 1. The summed E-state index contributed by atoms with van der Waals surface area (Å²) >= 11 is 0. The van der Waals surface area contributed by atoms with E-state index in [4.69, 9.17) is 0 Å². The Bertz CT molecular complexity index is 551. The van der Waals surface area contributed by atoms with Gasteiger partial charge in [-0.25, -0.2) is 0 Å². The monoisotopic (exact) mass is 389 g/mol. The van der Waals surface area contributed by atoms with Gasteiger partial charge in [-0.05, 0) is 25.0 Å². The van der Waals surface area contributed by atoms with Crippen molar-refractivity contribution in [2.24, 2.45) is 0 Å². The number of nitrogens with zero attached hydrogens (tertiary/aromatic N) is 3. The fourth-order valence-corrected chi connectivity index (χ4v) is 3.60. The van der Waals surface area contributed by atoms with E-state index in [2.05, 4.69) is 41.0 Å². The Hall–Kier alpha value is -1.01. The van der Waals surface area contributed by atoms with Gasteiger partial charge in [-0.2, -0.15) is 0 Å². The molecule has 0 bridgehead atoms. The van der Waals surface area contributed by atoms with Gasteiger partial charge in [0.1, 0.15) is 0 Å². The van der Waals surface area contributed by atoms with Crippen molar-refractivity contribution in [3.05, 3.63) is 29.8 Å². The van der Waals surface area contributed by atoms with Crippen molar-refractivity contribution in [1.29, 1.82) is 0 Å². The van der Waals surface area contributed by atoms with Crippen molar-refractivity contribution in [3.63, 3.8) is 0 Å². The Morgan fingerprint density at radius 2 is 1.72 bits per heavy atom. The highest BCUT2D eigenvalue weighted by Crippen LogP contribution is 2.21. The lowest BCUT2D eigenvalue weighted by Crippen LogP contribution is -2.50. The van der Waals surface area contributed by atoms with Gasteiger partial charge in [0, 0.05) is 57.9 Å². The number of aliphatic hydroxyl groups is 1. The fourth-order valence-electron chi connectivity index (χ4n) is 3.60. The maximum Gasteiger partial charge on any atom is 0.222 e. The summed E-state index contributed by atoms with van der Waals surface area (Å²) < 4.78 is 0. The second-order valence-electron chi connectivity index (χ2n) is 6.67. The number of para-hydroxylation sites is 1. The highest BCUT2D eigenvalue weighted by Gasteiger charge is 2.25. The molecule has 25 heavy (non-hydrogen) atoms. The van der Waals surface area contributed by atoms with Crippen LogP contribution >= 0.6 is 24.8 Å². The maximum atomic E-state index is 11.6. The smallest absolute Gasteiger partial charge is 0.222 e. The van der Waals surface area contributed by atoms with Gasteiger partial charge in [0.25, 0.3) is 0 Å². The highest BCUT2D eigenvalue weighted by atomic mass is 35.5. The first-order valence-electron chi connectivity index (χ1n) is 8.62. The van der Waals surface area contributed by atoms with Crippen molar-refractivity contribution in [1.82, 2.24) is 9.80 Å². The zero-order valence-corrected chi connectivity index (χ0v) is 16.4. The van der Waals surface area contributed by atoms with Crippen LogP contribution < -0.4 is 4.90 Å². The Morgan fingerprint density at radius 3 is 2.32 bits per heavy atom. The average Bonchev–Trinajstić information content (AvgIpc) is 2.94. The minimum absolute atomic E-state index is 0. The minimum atomic E-state index is -0.443. The van der Waals surface area contributed by atoms with Crippen LogP contribution in [0.25, 0.3) is 0 Å². The first-order chi connectivity index (χ1) is 11.1. The van der Waals surface area contributed by atoms with Crippen molar-refractivity contribution in [2.75, 3.05) is 50.7 Å². The molecule has 2 fully saturated rings. The van der Waals surface area contributed by atoms with E-state index in [1.165, 1.54) is 11.3 Å². The third-order valence-corrected chi connectivity index (χ3v) is 4.90. The quantitative estimate of drug-likeness (QED) is 0.835. The van der Waals surface area contributed by atoms with Crippen LogP contribution in [0, 0.1) is 6.92 Å². The number of carbonyl (C=O) groups is 1. The number of anilines is 1. The third-order valence-electron chi connectivity index (χ3n) is 4.90. The summed E-state index contributed by atoms with van der Waals surface area (Å²) in [6.45, 7) is 7.98. The molecule has 1 aromatic carbocycles. The molecular formula is C18H29Cl2N3O2. The van der Waals surface area contributed by atoms with Crippen LogP contribution in [0.5, 0.6) is 0 Å². The molecule has 0 aromatic heterocycles. The number of likely N-dealkylation sites (tertiary alicyclic amines) is 1. The molecule has 2 heterocycles. The molecule has 5 nitrogen and oxygen atoms in total. The number of aryl methyl sites for hydroxylation is 1. The summed E-state index contributed by atoms with van der Waals surface area (Å²) in [5.74, 6) is 0.188. The Labute approximate surface area is 162 Å². The van der Waals surface area contributed by atoms with Crippen molar-refractivity contribution in [2.45, 2.75) is 25.9 Å². The molecule has 142 valence electrons. The summed E-state index contributed by atoms with van der Waals surface area (Å²) in [7, 11) is 0. The van der Waals surface area contributed by atoms with Crippen molar-refractivity contribution >= 4 is 36.4 Å². The lowest BCUT2D eigenvalue weighted by molar-refractivity contribution is -0.129. The molecule has 0 radical (unpaired) electrons. The van der Waals surface area contributed by atoms with E-state index < -0.39 is 6.10 Å². The summed E-state index contributed by atoms with van der Waals surface area (Å²) in [5, 5.41) is 10.3. The Morgan fingerprint density at radius 1 is 1.04 bits per heavy atom. The van der Waals surface area contributed by atoms with Gasteiger partial charge >= 0.3 is 0 Å². The molecule has 1 amide bonds. The number of β-amino-alcohol motifs (C(OH)–C–C–N with tert-alkyl or cyclic N) is 1. The summed E-state index contributed by atoms with van der Waals surface area (Å²) in [6, 6.07) is 8.49. The molecular weight excluding hydrogens is 361 g/mol. The minimum Gasteiger partial charge on any atom is -0.390 e. The molecule has 7 heteroatoms. The SMILES string of the molecule is Cc1ccccc1N1CCN(CC(O)CN2CCCC2=O)CC1.Cl.Cl. The van der Waals surface area contributed by atoms with Crippen LogP contribution in [0.4, 0.5) is 5.69 Å². The average molecular weight is 390 g/mol. The maximum absolute atomic E-state index is 11.6. The number of halogens is 2. The van der Waals surface area contributed by atoms with Crippen LogP contribution in [-0.2, 0) is 4.79 Å². The number of piperazine rings is 1. The van der Waals surface area contributed by atoms with E-state index in [1.54, 1.807) is 4.90 Å². The molecule has 1 N–H and O–H groups in total. The number of hydrogen-bond acceptors (Lipinski definition) is 4. The number of carbonyl (C=O) groups excluding carboxylic acids is 1. The molecule has 2 saturated heterocycles. The van der Waals surface area contributed by atoms with Crippen LogP contribution in [0.3, 0.4) is 0 Å². The molecule has 2 aliphatic rings. The van der Waals surface area contributed by atoms with Gasteiger partial charge in [0.05, 0.1) is 6.10 Å². The Balaban J connectivity index is 0.00000156. The van der Waals surface area contributed by atoms with Crippen molar-refractivity contribution < 1.29 is 9.90 Å². The number of benzene rings is 1. The normalized spacial score (nSPS) is 19.4. The lowest BCUT2D eigenvalue weighted by Gasteiger charge is -2.37. The lowest BCUT2D eigenvalue weighted by atomic mass is 10.1. The molecule has 3 rings (SSSR count). The zero-order valence-electron chi connectivity index (χ0n) is 14.8. The second kappa shape index (κ2) is 10.2. The largest absolute Gasteiger partial charge is 0.390 e. The zero-order chi connectivity index (χ0) is 16.2. The summed E-state index contributed by atoms with van der Waals surface area (Å²) in [5.41, 5.74) is 2.63. The van der Waals surface area contributed by atoms with E-state index >= 15 is 0 Å². The van der Waals surface area contributed by atoms with E-state index in [0.717, 1.165) is 39.1 Å². The molecule has 0 spiro atoms. The highest BCUT2D eigenvalue weighted by molar-refractivity contribution is 5.85. The molecule has 1 atom stereocenters. The first-order valence-corrected chi connectivity index (χ1v) is 8.62. The van der Waals surface area contributed by atoms with E-state index in [9.17, 15) is 9.90 Å². The van der Waals surface area contributed by atoms with Crippen LogP contribution in [-0.4, -0.2) is 72.7 Å². The standard InChI is InChI=1S/C18H27N3O2.2ClH/c1-15-5-2-3-6-17(15)20-11-9-19(10-12-20)13-16(22)14-21-8-4-7-18(21)23;;/h2-3,5-6,16,22H,4,7-14H2,1H3;2*1H. The molecule has 0 aliphatic carbocycles. The summed E-state index contributed by atoms with van der Waals surface area (Å²) in [6.07, 6.45) is 1.13. The van der Waals surface area contributed by atoms with Crippen molar-refractivity contribution in [3.8, 4) is 0 Å². The van der Waals surface area contributed by atoms with E-state index in [0.29, 0.717) is 19.5 Å². The predicted molar refractivity (Wildman–Crippen MR) is 106 cm³/mol. The van der Waals surface area contributed by atoms with E-state index in [1.807, 2.05) is 0 Å². The molecule has 1 aromatic rings. The number of hydrogen-bond donors (Lipinski definition) is 1. The van der Waals surface area contributed by atoms with Crippen LogP contribution in [0.15, 0.2) is 24.3 Å².